The van der Waals surface area contributed by atoms with E-state index in [-0.39, 0.29) is 12.1 Å². The fourth-order valence-electron chi connectivity index (χ4n) is 1.77. The number of ketones is 1. The van der Waals surface area contributed by atoms with Crippen molar-refractivity contribution >= 4 is 5.78 Å². The van der Waals surface area contributed by atoms with Crippen LogP contribution in [0.1, 0.15) is 42.4 Å². The summed E-state index contributed by atoms with van der Waals surface area (Å²) in [5, 5.41) is 0. The number of rotatable bonds is 4. The molecule has 0 spiro atoms. The van der Waals surface area contributed by atoms with Crippen LogP contribution >= 0.6 is 0 Å². The van der Waals surface area contributed by atoms with E-state index in [2.05, 4.69) is 4.98 Å². The maximum absolute atomic E-state index is 11.7. The number of Topliss-reactive ketones (excluding diaryl/α,β-unsaturated/α-hetero) is 1. The van der Waals surface area contributed by atoms with E-state index >= 15 is 0 Å². The Hall–Kier alpha value is -1.20. The molecule has 0 atom stereocenters. The van der Waals surface area contributed by atoms with Crippen molar-refractivity contribution in [1.82, 2.24) is 9.55 Å². The second-order valence-corrected chi connectivity index (χ2v) is 3.81. The van der Waals surface area contributed by atoms with Crippen LogP contribution in [0.15, 0.2) is 6.20 Å². The number of carbonyl (C=O) groups excluding carboxylic acids is 1. The maximum atomic E-state index is 11.7. The van der Waals surface area contributed by atoms with Crippen LogP contribution in [0.4, 0.5) is 0 Å². The molecule has 1 aromatic rings. The summed E-state index contributed by atoms with van der Waals surface area (Å²) in [4.78, 5) is 15.9. The average molecular weight is 224 g/mol. The smallest absolute Gasteiger partial charge is 0.200 e. The highest BCUT2D eigenvalue weighted by Crippen LogP contribution is 2.23. The highest BCUT2D eigenvalue weighted by Gasteiger charge is 2.24. The second kappa shape index (κ2) is 4.76. The van der Waals surface area contributed by atoms with E-state index in [9.17, 15) is 4.79 Å². The van der Waals surface area contributed by atoms with Crippen molar-refractivity contribution in [3.8, 4) is 0 Å². The summed E-state index contributed by atoms with van der Waals surface area (Å²) >= 11 is 0. The summed E-state index contributed by atoms with van der Waals surface area (Å²) < 4.78 is 12.5. The Bertz CT molecular complexity index is 381. The Labute approximate surface area is 94.4 Å². The van der Waals surface area contributed by atoms with Gasteiger partial charge in [0.15, 0.2) is 11.6 Å². The molecule has 0 saturated carbocycles. The zero-order chi connectivity index (χ0) is 11.5. The van der Waals surface area contributed by atoms with Gasteiger partial charge in [0.2, 0.25) is 6.29 Å². The standard InChI is InChI=1S/C11H16N2O3/c1-3-4-9(14)10-12-7-8(13(10)2)11-15-5-6-16-11/h7,11H,3-6H2,1-2H3. The topological polar surface area (TPSA) is 53.4 Å². The number of ether oxygens (including phenoxy) is 2. The van der Waals surface area contributed by atoms with E-state index in [4.69, 9.17) is 9.47 Å². The normalized spacial score (nSPS) is 16.9. The van der Waals surface area contributed by atoms with Crippen molar-refractivity contribution in [2.75, 3.05) is 13.2 Å². The van der Waals surface area contributed by atoms with Crippen molar-refractivity contribution in [2.24, 2.45) is 7.05 Å². The Morgan fingerprint density at radius 3 is 2.88 bits per heavy atom. The van der Waals surface area contributed by atoms with E-state index in [1.807, 2.05) is 14.0 Å². The van der Waals surface area contributed by atoms with E-state index in [1.165, 1.54) is 0 Å². The molecule has 1 fully saturated rings. The van der Waals surface area contributed by atoms with Gasteiger partial charge in [-0.3, -0.25) is 4.79 Å². The summed E-state index contributed by atoms with van der Waals surface area (Å²) in [5.41, 5.74) is 0.803. The molecule has 5 nitrogen and oxygen atoms in total. The number of hydrogen-bond donors (Lipinski definition) is 0. The average Bonchev–Trinajstić information content (AvgIpc) is 2.86. The van der Waals surface area contributed by atoms with Gasteiger partial charge in [-0.25, -0.2) is 4.98 Å². The first-order chi connectivity index (χ1) is 7.74. The van der Waals surface area contributed by atoms with E-state index in [0.717, 1.165) is 12.1 Å². The molecule has 0 radical (unpaired) electrons. The van der Waals surface area contributed by atoms with Gasteiger partial charge < -0.3 is 14.0 Å². The fraction of sp³-hybridized carbons (Fsp3) is 0.636. The first-order valence-corrected chi connectivity index (χ1v) is 5.52. The van der Waals surface area contributed by atoms with Crippen molar-refractivity contribution < 1.29 is 14.3 Å². The predicted molar refractivity (Wildman–Crippen MR) is 57.1 cm³/mol. The van der Waals surface area contributed by atoms with Crippen LogP contribution in [0.2, 0.25) is 0 Å². The molecule has 88 valence electrons. The van der Waals surface area contributed by atoms with E-state index in [0.29, 0.717) is 25.5 Å². The Kier molecular flexibility index (Phi) is 3.36. The van der Waals surface area contributed by atoms with Crippen LogP contribution in [-0.4, -0.2) is 28.5 Å². The molecule has 0 bridgehead atoms. The van der Waals surface area contributed by atoms with Gasteiger partial charge in [-0.05, 0) is 6.42 Å². The number of aromatic nitrogens is 2. The zero-order valence-corrected chi connectivity index (χ0v) is 9.60. The lowest BCUT2D eigenvalue weighted by Crippen LogP contribution is -2.11. The molecule has 0 aromatic carbocycles. The largest absolute Gasteiger partial charge is 0.345 e. The quantitative estimate of drug-likeness (QED) is 0.726. The minimum atomic E-state index is -0.374. The Morgan fingerprint density at radius 1 is 1.56 bits per heavy atom. The molecule has 16 heavy (non-hydrogen) atoms. The fourth-order valence-corrected chi connectivity index (χ4v) is 1.77. The van der Waals surface area contributed by atoms with Gasteiger partial charge in [-0.1, -0.05) is 6.92 Å². The van der Waals surface area contributed by atoms with Crippen LogP contribution in [0.3, 0.4) is 0 Å². The Morgan fingerprint density at radius 2 is 2.25 bits per heavy atom. The minimum absolute atomic E-state index is 0.0641. The van der Waals surface area contributed by atoms with Gasteiger partial charge in [0.25, 0.3) is 0 Å². The lowest BCUT2D eigenvalue weighted by Gasteiger charge is -2.10. The van der Waals surface area contributed by atoms with Crippen LogP contribution in [0.5, 0.6) is 0 Å². The molecule has 1 aromatic heterocycles. The second-order valence-electron chi connectivity index (χ2n) is 3.81. The summed E-state index contributed by atoms with van der Waals surface area (Å²) in [6.07, 6.45) is 2.63. The Balaban J connectivity index is 2.19. The lowest BCUT2D eigenvalue weighted by molar-refractivity contribution is -0.0492. The number of hydrogen-bond acceptors (Lipinski definition) is 4. The molecular formula is C11H16N2O3. The van der Waals surface area contributed by atoms with Crippen molar-refractivity contribution in [3.05, 3.63) is 17.7 Å². The first-order valence-electron chi connectivity index (χ1n) is 5.52. The van der Waals surface area contributed by atoms with Gasteiger partial charge in [0, 0.05) is 13.5 Å². The van der Waals surface area contributed by atoms with Crippen LogP contribution in [0, 0.1) is 0 Å². The molecule has 1 aliphatic heterocycles. The van der Waals surface area contributed by atoms with Crippen LogP contribution in [0.25, 0.3) is 0 Å². The van der Waals surface area contributed by atoms with Crippen molar-refractivity contribution in [1.29, 1.82) is 0 Å². The van der Waals surface area contributed by atoms with E-state index < -0.39 is 0 Å². The molecule has 0 N–H and O–H groups in total. The minimum Gasteiger partial charge on any atom is -0.345 e. The van der Waals surface area contributed by atoms with Crippen molar-refractivity contribution in [3.63, 3.8) is 0 Å². The SMILES string of the molecule is CCCC(=O)c1ncc(C2OCCO2)n1C. The van der Waals surface area contributed by atoms with Crippen LogP contribution < -0.4 is 0 Å². The summed E-state index contributed by atoms with van der Waals surface area (Å²) in [6, 6.07) is 0. The highest BCUT2D eigenvalue weighted by molar-refractivity contribution is 5.92. The van der Waals surface area contributed by atoms with Gasteiger partial charge in [0.1, 0.15) is 0 Å². The van der Waals surface area contributed by atoms with Crippen LogP contribution in [-0.2, 0) is 16.5 Å². The molecule has 2 rings (SSSR count). The maximum Gasteiger partial charge on any atom is 0.200 e. The van der Waals surface area contributed by atoms with Gasteiger partial charge in [-0.15, -0.1) is 0 Å². The summed E-state index contributed by atoms with van der Waals surface area (Å²) in [7, 11) is 1.82. The van der Waals surface area contributed by atoms with E-state index in [1.54, 1.807) is 10.8 Å². The highest BCUT2D eigenvalue weighted by atomic mass is 16.7. The molecular weight excluding hydrogens is 208 g/mol. The zero-order valence-electron chi connectivity index (χ0n) is 9.60. The van der Waals surface area contributed by atoms with Gasteiger partial charge in [-0.2, -0.15) is 0 Å². The molecule has 0 amide bonds. The molecule has 0 aliphatic carbocycles. The number of imidazole rings is 1. The monoisotopic (exact) mass is 224 g/mol. The summed E-state index contributed by atoms with van der Waals surface area (Å²) in [5.74, 6) is 0.546. The third-order valence-electron chi connectivity index (χ3n) is 2.61. The first kappa shape index (κ1) is 11.3. The van der Waals surface area contributed by atoms with Gasteiger partial charge >= 0.3 is 0 Å². The number of carbonyl (C=O) groups is 1. The third kappa shape index (κ3) is 2.01. The molecule has 1 aliphatic rings. The summed E-state index contributed by atoms with van der Waals surface area (Å²) in [6.45, 7) is 3.16. The number of nitrogens with zero attached hydrogens (tertiary/aromatic N) is 2. The molecule has 5 heteroatoms. The lowest BCUT2D eigenvalue weighted by atomic mass is 10.2. The van der Waals surface area contributed by atoms with Gasteiger partial charge in [0.05, 0.1) is 25.1 Å². The molecule has 1 saturated heterocycles. The molecule has 0 unspecified atom stereocenters. The molecule has 2 heterocycles. The van der Waals surface area contributed by atoms with Crippen molar-refractivity contribution in [2.45, 2.75) is 26.1 Å². The third-order valence-corrected chi connectivity index (χ3v) is 2.61. The predicted octanol–water partition coefficient (Wildman–Crippen LogP) is 1.45.